The first-order chi connectivity index (χ1) is 9.43. The van der Waals surface area contributed by atoms with E-state index in [4.69, 9.17) is 10.8 Å². The molecule has 104 valence electrons. The number of carboxylic acids is 1. The van der Waals surface area contributed by atoms with Crippen LogP contribution < -0.4 is 11.1 Å². The topological polar surface area (TPSA) is 109 Å². The van der Waals surface area contributed by atoms with E-state index in [1.807, 2.05) is 0 Å². The summed E-state index contributed by atoms with van der Waals surface area (Å²) in [6, 6.07) is 6.41. The zero-order valence-electron chi connectivity index (χ0n) is 10.8. The molecule has 0 bridgehead atoms. The van der Waals surface area contributed by atoms with E-state index < -0.39 is 23.7 Å². The third-order valence-corrected chi connectivity index (χ3v) is 2.49. The van der Waals surface area contributed by atoms with Crippen molar-refractivity contribution in [3.63, 3.8) is 0 Å². The van der Waals surface area contributed by atoms with Crippen LogP contribution in [0.5, 0.6) is 0 Å². The number of nitrogens with one attached hydrogen (secondary N) is 1. The van der Waals surface area contributed by atoms with Crippen LogP contribution in [-0.4, -0.2) is 22.9 Å². The van der Waals surface area contributed by atoms with Crippen molar-refractivity contribution in [1.29, 1.82) is 0 Å². The van der Waals surface area contributed by atoms with Gasteiger partial charge in [-0.05, 0) is 24.6 Å². The van der Waals surface area contributed by atoms with Gasteiger partial charge in [0.05, 0.1) is 12.3 Å². The van der Waals surface area contributed by atoms with E-state index in [0.717, 1.165) is 5.56 Å². The zero-order valence-corrected chi connectivity index (χ0v) is 10.8. The maximum absolute atomic E-state index is 11.1. The van der Waals surface area contributed by atoms with Crippen LogP contribution in [-0.2, 0) is 14.4 Å². The molecule has 1 rings (SSSR count). The lowest BCUT2D eigenvalue weighted by molar-refractivity contribution is -0.137. The average Bonchev–Trinajstić information content (AvgIpc) is 2.38. The highest BCUT2D eigenvalue weighted by Gasteiger charge is 2.14. The van der Waals surface area contributed by atoms with E-state index >= 15 is 0 Å². The molecule has 0 fully saturated rings. The van der Waals surface area contributed by atoms with Crippen LogP contribution in [0.1, 0.15) is 24.8 Å². The van der Waals surface area contributed by atoms with Crippen molar-refractivity contribution in [2.45, 2.75) is 19.3 Å². The molecule has 0 radical (unpaired) electrons. The molecule has 6 nitrogen and oxygen atoms in total. The second kappa shape index (κ2) is 6.95. The second-order valence-electron chi connectivity index (χ2n) is 3.99. The van der Waals surface area contributed by atoms with Gasteiger partial charge in [0.25, 0.3) is 0 Å². The highest BCUT2D eigenvalue weighted by Crippen LogP contribution is 2.21. The Morgan fingerprint density at radius 3 is 2.35 bits per heavy atom. The first kappa shape index (κ1) is 15.2. The van der Waals surface area contributed by atoms with E-state index in [1.54, 1.807) is 31.2 Å². The van der Waals surface area contributed by atoms with E-state index in [9.17, 15) is 14.4 Å². The van der Waals surface area contributed by atoms with Gasteiger partial charge in [0.15, 0.2) is 0 Å². The molecular weight excluding hydrogens is 260 g/mol. The lowest BCUT2D eigenvalue weighted by Crippen LogP contribution is -2.29. The van der Waals surface area contributed by atoms with Gasteiger partial charge in [0, 0.05) is 5.69 Å². The van der Waals surface area contributed by atoms with Gasteiger partial charge in [-0.3, -0.25) is 14.4 Å². The maximum Gasteiger partial charge on any atom is 0.313 e. The minimum Gasteiger partial charge on any atom is -0.481 e. The number of rotatable bonds is 4. The standard InChI is InChI=1S/C14H14N2O4/c1-2-3-10(8-12(17)18)9-4-6-11(7-5-9)16-14(20)13(15)19/h4-7,10H,8H2,1H3,(H2,15,19)(H,16,20)(H,17,18). The number of anilines is 1. The molecule has 0 aliphatic carbocycles. The third-order valence-electron chi connectivity index (χ3n) is 2.49. The number of primary amides is 1. The molecular formula is C14H14N2O4. The maximum atomic E-state index is 11.1. The van der Waals surface area contributed by atoms with Crippen LogP contribution in [0.4, 0.5) is 5.69 Å². The molecule has 0 heterocycles. The summed E-state index contributed by atoms with van der Waals surface area (Å²) in [5.74, 6) is 2.16. The lowest BCUT2D eigenvalue weighted by Gasteiger charge is -2.10. The minimum atomic E-state index is -1.07. The highest BCUT2D eigenvalue weighted by atomic mass is 16.4. The highest BCUT2D eigenvalue weighted by molar-refractivity contribution is 6.39. The van der Waals surface area contributed by atoms with Gasteiger partial charge in [-0.2, -0.15) is 0 Å². The summed E-state index contributed by atoms with van der Waals surface area (Å²) in [5, 5.41) is 11.1. The fourth-order valence-corrected chi connectivity index (χ4v) is 1.59. The molecule has 0 aliphatic heterocycles. The molecule has 1 aromatic rings. The summed E-state index contributed by atoms with van der Waals surface area (Å²) >= 11 is 0. The number of benzene rings is 1. The molecule has 0 aromatic heterocycles. The molecule has 0 saturated heterocycles. The van der Waals surface area contributed by atoms with Crippen LogP contribution in [0.3, 0.4) is 0 Å². The zero-order chi connectivity index (χ0) is 15.1. The van der Waals surface area contributed by atoms with Crippen molar-refractivity contribution in [3.8, 4) is 11.8 Å². The number of hydrogen-bond donors (Lipinski definition) is 3. The quantitative estimate of drug-likeness (QED) is 0.554. The van der Waals surface area contributed by atoms with E-state index in [-0.39, 0.29) is 6.42 Å². The molecule has 20 heavy (non-hydrogen) atoms. The molecule has 4 N–H and O–H groups in total. The van der Waals surface area contributed by atoms with Crippen LogP contribution in [0, 0.1) is 11.8 Å². The summed E-state index contributed by atoms with van der Waals surface area (Å²) in [6.07, 6.45) is -0.103. The van der Waals surface area contributed by atoms with Crippen molar-refractivity contribution in [2.75, 3.05) is 5.32 Å². The summed E-state index contributed by atoms with van der Waals surface area (Å²) in [7, 11) is 0. The Morgan fingerprint density at radius 2 is 1.90 bits per heavy atom. The predicted octanol–water partition coefficient (Wildman–Crippen LogP) is 0.692. The van der Waals surface area contributed by atoms with Crippen molar-refractivity contribution in [2.24, 2.45) is 5.73 Å². The van der Waals surface area contributed by atoms with Gasteiger partial charge in [-0.1, -0.05) is 18.1 Å². The lowest BCUT2D eigenvalue weighted by atomic mass is 9.96. The summed E-state index contributed by atoms with van der Waals surface area (Å²) in [6.45, 7) is 1.64. The van der Waals surface area contributed by atoms with Gasteiger partial charge in [0.1, 0.15) is 0 Å². The van der Waals surface area contributed by atoms with Crippen LogP contribution in [0.15, 0.2) is 24.3 Å². The summed E-state index contributed by atoms with van der Waals surface area (Å²) in [4.78, 5) is 32.5. The molecule has 0 saturated carbocycles. The van der Waals surface area contributed by atoms with E-state index in [2.05, 4.69) is 17.2 Å². The van der Waals surface area contributed by atoms with Gasteiger partial charge < -0.3 is 16.2 Å². The van der Waals surface area contributed by atoms with Gasteiger partial charge >= 0.3 is 17.8 Å². The molecule has 1 unspecified atom stereocenters. The van der Waals surface area contributed by atoms with E-state index in [0.29, 0.717) is 5.69 Å². The smallest absolute Gasteiger partial charge is 0.313 e. The van der Waals surface area contributed by atoms with Gasteiger partial charge in [-0.25, -0.2) is 0 Å². The Labute approximate surface area is 116 Å². The van der Waals surface area contributed by atoms with Crippen LogP contribution >= 0.6 is 0 Å². The van der Waals surface area contributed by atoms with Crippen molar-refractivity contribution in [3.05, 3.63) is 29.8 Å². The largest absolute Gasteiger partial charge is 0.481 e. The molecule has 0 aliphatic rings. The van der Waals surface area contributed by atoms with Crippen molar-refractivity contribution >= 4 is 23.5 Å². The Bertz CT molecular complexity index is 581. The minimum absolute atomic E-state index is 0.103. The SMILES string of the molecule is CC#CC(CC(=O)O)c1ccc(NC(=O)C(N)=O)cc1. The Morgan fingerprint density at radius 1 is 1.30 bits per heavy atom. The Kier molecular flexibility index (Phi) is 5.30. The normalized spacial score (nSPS) is 10.8. The number of carboxylic acid groups (broad SMARTS) is 1. The number of hydrogen-bond acceptors (Lipinski definition) is 3. The fraction of sp³-hybridized carbons (Fsp3) is 0.214. The molecule has 1 aromatic carbocycles. The number of carbonyl (C=O) groups is 3. The molecule has 6 heteroatoms. The fourth-order valence-electron chi connectivity index (χ4n) is 1.59. The van der Waals surface area contributed by atoms with Gasteiger partial charge in [-0.15, -0.1) is 5.92 Å². The number of aliphatic carboxylic acids is 1. The number of amides is 2. The number of nitrogens with two attached hydrogens (primary N) is 1. The van der Waals surface area contributed by atoms with Crippen LogP contribution in [0.2, 0.25) is 0 Å². The van der Waals surface area contributed by atoms with Gasteiger partial charge in [0.2, 0.25) is 0 Å². The molecule has 1 atom stereocenters. The molecule has 2 amide bonds. The summed E-state index contributed by atoms with van der Waals surface area (Å²) in [5.41, 5.74) is 5.94. The van der Waals surface area contributed by atoms with Crippen molar-refractivity contribution < 1.29 is 19.5 Å². The summed E-state index contributed by atoms with van der Waals surface area (Å²) < 4.78 is 0. The average molecular weight is 274 g/mol. The Balaban J connectivity index is 2.87. The number of carbonyl (C=O) groups excluding carboxylic acids is 2. The second-order valence-corrected chi connectivity index (χ2v) is 3.99. The first-order valence-corrected chi connectivity index (χ1v) is 5.79. The molecule has 0 spiro atoms. The van der Waals surface area contributed by atoms with Crippen LogP contribution in [0.25, 0.3) is 0 Å². The van der Waals surface area contributed by atoms with E-state index in [1.165, 1.54) is 0 Å². The Hall–Kier alpha value is -2.81. The first-order valence-electron chi connectivity index (χ1n) is 5.79. The van der Waals surface area contributed by atoms with Crippen molar-refractivity contribution in [1.82, 2.24) is 0 Å². The predicted molar refractivity (Wildman–Crippen MR) is 72.7 cm³/mol. The monoisotopic (exact) mass is 274 g/mol. The third kappa shape index (κ3) is 4.46.